The molecule has 0 aliphatic rings. The summed E-state index contributed by atoms with van der Waals surface area (Å²) in [6, 6.07) is 3.77. The third-order valence-corrected chi connectivity index (χ3v) is 2.32. The van der Waals surface area contributed by atoms with Gasteiger partial charge >= 0.3 is 0 Å². The van der Waals surface area contributed by atoms with Crippen LogP contribution in [0.25, 0.3) is 0 Å². The third-order valence-electron chi connectivity index (χ3n) is 1.86. The number of halogens is 1. The van der Waals surface area contributed by atoms with Crippen LogP contribution in [0.1, 0.15) is 5.56 Å². The fourth-order valence-corrected chi connectivity index (χ4v) is 1.65. The Morgan fingerprint density at radius 2 is 1.57 bits per heavy atom. The summed E-state index contributed by atoms with van der Waals surface area (Å²) in [5.41, 5.74) is 0.917. The van der Waals surface area contributed by atoms with E-state index in [-0.39, 0.29) is 0 Å². The first-order valence-electron chi connectivity index (χ1n) is 4.12. The molecule has 0 aliphatic heterocycles. The first kappa shape index (κ1) is 11.3. The maximum absolute atomic E-state index is 5.23. The summed E-state index contributed by atoms with van der Waals surface area (Å²) in [7, 11) is 4.89. The summed E-state index contributed by atoms with van der Waals surface area (Å²) >= 11 is 3.38. The van der Waals surface area contributed by atoms with Gasteiger partial charge < -0.3 is 14.2 Å². The SMILES string of the molecule is COCc1c(OC)cc(Br)cc1OC. The smallest absolute Gasteiger partial charge is 0.129 e. The molecule has 1 rings (SSSR count). The fourth-order valence-electron chi connectivity index (χ4n) is 1.24. The van der Waals surface area contributed by atoms with E-state index >= 15 is 0 Å². The number of hydrogen-bond acceptors (Lipinski definition) is 3. The van der Waals surface area contributed by atoms with Gasteiger partial charge in [-0.05, 0) is 12.1 Å². The quantitative estimate of drug-likeness (QED) is 0.833. The first-order valence-corrected chi connectivity index (χ1v) is 4.91. The molecule has 4 heteroatoms. The van der Waals surface area contributed by atoms with E-state index in [1.165, 1.54) is 0 Å². The molecular formula is C10H13BrO3. The predicted octanol–water partition coefficient (Wildman–Crippen LogP) is 2.61. The summed E-state index contributed by atoms with van der Waals surface area (Å²) in [6.45, 7) is 0.472. The molecule has 0 amide bonds. The molecular weight excluding hydrogens is 248 g/mol. The monoisotopic (exact) mass is 260 g/mol. The van der Waals surface area contributed by atoms with Gasteiger partial charge in [0.25, 0.3) is 0 Å². The van der Waals surface area contributed by atoms with Crippen molar-refractivity contribution in [1.29, 1.82) is 0 Å². The summed E-state index contributed by atoms with van der Waals surface area (Å²) in [6.07, 6.45) is 0. The Hall–Kier alpha value is -0.740. The molecule has 0 unspecified atom stereocenters. The van der Waals surface area contributed by atoms with E-state index in [4.69, 9.17) is 14.2 Å². The van der Waals surface area contributed by atoms with Gasteiger partial charge in [-0.3, -0.25) is 0 Å². The van der Waals surface area contributed by atoms with Gasteiger partial charge in [-0.1, -0.05) is 15.9 Å². The summed E-state index contributed by atoms with van der Waals surface area (Å²) < 4.78 is 16.5. The van der Waals surface area contributed by atoms with Crippen LogP contribution in [0.2, 0.25) is 0 Å². The maximum Gasteiger partial charge on any atom is 0.129 e. The van der Waals surface area contributed by atoms with Crippen molar-refractivity contribution in [3.63, 3.8) is 0 Å². The molecule has 0 fully saturated rings. The second-order valence-electron chi connectivity index (χ2n) is 2.72. The van der Waals surface area contributed by atoms with Crippen LogP contribution in [-0.2, 0) is 11.3 Å². The summed E-state index contributed by atoms with van der Waals surface area (Å²) in [5, 5.41) is 0. The van der Waals surface area contributed by atoms with Crippen molar-refractivity contribution >= 4 is 15.9 Å². The second kappa shape index (κ2) is 5.22. The largest absolute Gasteiger partial charge is 0.496 e. The Morgan fingerprint density at radius 3 is 1.93 bits per heavy atom. The van der Waals surface area contributed by atoms with Crippen LogP contribution in [-0.4, -0.2) is 21.3 Å². The molecule has 0 saturated heterocycles. The van der Waals surface area contributed by atoms with Crippen LogP contribution in [0.3, 0.4) is 0 Å². The average molecular weight is 261 g/mol. The van der Waals surface area contributed by atoms with Crippen molar-refractivity contribution in [3.8, 4) is 11.5 Å². The van der Waals surface area contributed by atoms with Gasteiger partial charge in [0, 0.05) is 11.6 Å². The Kier molecular flexibility index (Phi) is 4.22. The highest BCUT2D eigenvalue weighted by Crippen LogP contribution is 2.33. The number of benzene rings is 1. The lowest BCUT2D eigenvalue weighted by molar-refractivity contribution is 0.178. The number of methoxy groups -OCH3 is 3. The lowest BCUT2D eigenvalue weighted by atomic mass is 10.2. The molecule has 1 aromatic rings. The number of ether oxygens (including phenoxy) is 3. The molecule has 0 heterocycles. The molecule has 0 aliphatic carbocycles. The van der Waals surface area contributed by atoms with Crippen LogP contribution in [0.15, 0.2) is 16.6 Å². The molecule has 78 valence electrons. The van der Waals surface area contributed by atoms with Crippen molar-refractivity contribution in [3.05, 3.63) is 22.2 Å². The molecule has 1 aromatic carbocycles. The molecule has 14 heavy (non-hydrogen) atoms. The average Bonchev–Trinajstić information content (AvgIpc) is 2.20. The second-order valence-corrected chi connectivity index (χ2v) is 3.64. The predicted molar refractivity (Wildman–Crippen MR) is 58.0 cm³/mol. The van der Waals surface area contributed by atoms with E-state index in [1.54, 1.807) is 21.3 Å². The first-order chi connectivity index (χ1) is 6.72. The van der Waals surface area contributed by atoms with Crippen LogP contribution in [0.5, 0.6) is 11.5 Å². The Morgan fingerprint density at radius 1 is 1.07 bits per heavy atom. The van der Waals surface area contributed by atoms with Gasteiger partial charge in [0.2, 0.25) is 0 Å². The minimum atomic E-state index is 0.472. The van der Waals surface area contributed by atoms with E-state index < -0.39 is 0 Å². The zero-order chi connectivity index (χ0) is 10.6. The zero-order valence-electron chi connectivity index (χ0n) is 8.46. The lowest BCUT2D eigenvalue weighted by Gasteiger charge is -2.12. The van der Waals surface area contributed by atoms with Gasteiger partial charge in [-0.15, -0.1) is 0 Å². The van der Waals surface area contributed by atoms with Crippen LogP contribution < -0.4 is 9.47 Å². The molecule has 0 aromatic heterocycles. The molecule has 3 nitrogen and oxygen atoms in total. The van der Waals surface area contributed by atoms with Crippen molar-refractivity contribution in [1.82, 2.24) is 0 Å². The molecule has 0 radical (unpaired) electrons. The molecule has 0 spiro atoms. The Labute approximate surface area is 92.1 Å². The highest BCUT2D eigenvalue weighted by molar-refractivity contribution is 9.10. The van der Waals surface area contributed by atoms with Crippen LogP contribution >= 0.6 is 15.9 Å². The third kappa shape index (κ3) is 2.39. The minimum absolute atomic E-state index is 0.472. The van der Waals surface area contributed by atoms with E-state index in [2.05, 4.69) is 15.9 Å². The molecule has 0 atom stereocenters. The normalized spacial score (nSPS) is 10.0. The minimum Gasteiger partial charge on any atom is -0.496 e. The lowest BCUT2D eigenvalue weighted by Crippen LogP contribution is -1.98. The topological polar surface area (TPSA) is 27.7 Å². The van der Waals surface area contributed by atoms with Gasteiger partial charge in [0.15, 0.2) is 0 Å². The van der Waals surface area contributed by atoms with Crippen molar-refractivity contribution < 1.29 is 14.2 Å². The van der Waals surface area contributed by atoms with Crippen molar-refractivity contribution in [2.45, 2.75) is 6.61 Å². The van der Waals surface area contributed by atoms with Crippen LogP contribution in [0, 0.1) is 0 Å². The summed E-state index contributed by atoms with van der Waals surface area (Å²) in [4.78, 5) is 0. The van der Waals surface area contributed by atoms with Gasteiger partial charge in [0.05, 0.1) is 26.4 Å². The fraction of sp³-hybridized carbons (Fsp3) is 0.400. The Bertz CT molecular complexity index is 287. The zero-order valence-corrected chi connectivity index (χ0v) is 10.1. The Balaban J connectivity index is 3.18. The van der Waals surface area contributed by atoms with E-state index in [0.29, 0.717) is 6.61 Å². The van der Waals surface area contributed by atoms with Crippen LogP contribution in [0.4, 0.5) is 0 Å². The van der Waals surface area contributed by atoms with Gasteiger partial charge in [-0.25, -0.2) is 0 Å². The van der Waals surface area contributed by atoms with E-state index in [1.807, 2.05) is 12.1 Å². The van der Waals surface area contributed by atoms with Crippen molar-refractivity contribution in [2.75, 3.05) is 21.3 Å². The standard InChI is InChI=1S/C10H13BrO3/c1-12-6-8-9(13-2)4-7(11)5-10(8)14-3/h4-5H,6H2,1-3H3. The van der Waals surface area contributed by atoms with Gasteiger partial charge in [0.1, 0.15) is 11.5 Å². The maximum atomic E-state index is 5.23. The molecule has 0 saturated carbocycles. The summed E-state index contributed by atoms with van der Waals surface area (Å²) in [5.74, 6) is 1.52. The highest BCUT2D eigenvalue weighted by atomic mass is 79.9. The van der Waals surface area contributed by atoms with Gasteiger partial charge in [-0.2, -0.15) is 0 Å². The highest BCUT2D eigenvalue weighted by Gasteiger charge is 2.11. The van der Waals surface area contributed by atoms with Crippen molar-refractivity contribution in [2.24, 2.45) is 0 Å². The number of rotatable bonds is 4. The molecule has 0 N–H and O–H groups in total. The molecule has 0 bridgehead atoms. The van der Waals surface area contributed by atoms with E-state index in [0.717, 1.165) is 21.5 Å². The number of hydrogen-bond donors (Lipinski definition) is 0. The van der Waals surface area contributed by atoms with E-state index in [9.17, 15) is 0 Å².